The Kier molecular flexibility index (Phi) is 13.2. The van der Waals surface area contributed by atoms with Crippen LogP contribution in [0.2, 0.25) is 0 Å². The zero-order valence-electron chi connectivity index (χ0n) is 32.4. The highest BCUT2D eigenvalue weighted by molar-refractivity contribution is 5.96. The van der Waals surface area contributed by atoms with Gasteiger partial charge in [0.05, 0.1) is 31.1 Å². The van der Waals surface area contributed by atoms with Gasteiger partial charge in [-0.3, -0.25) is 14.4 Å². The minimum atomic E-state index is -0.970. The molecule has 4 N–H and O–H groups in total. The number of benzene rings is 3. The molecule has 3 aromatic rings. The predicted octanol–water partition coefficient (Wildman–Crippen LogP) is 4.33. The van der Waals surface area contributed by atoms with Gasteiger partial charge < -0.3 is 44.5 Å². The lowest BCUT2D eigenvalue weighted by atomic mass is 9.91. The van der Waals surface area contributed by atoms with E-state index in [2.05, 4.69) is 10.6 Å². The third kappa shape index (κ3) is 10.7. The second kappa shape index (κ2) is 18.3. The molecule has 3 aliphatic rings. The number of ether oxygens (including phenoxy) is 5. The molecule has 2 amide bonds. The molecule has 13 nitrogen and oxygen atoms in total. The average Bonchev–Trinajstić information content (AvgIpc) is 3.74. The van der Waals surface area contributed by atoms with Crippen LogP contribution in [-0.2, 0) is 52.7 Å². The Balaban J connectivity index is 1.13. The average molecular weight is 783 g/mol. The first-order chi connectivity index (χ1) is 27.3. The van der Waals surface area contributed by atoms with E-state index in [9.17, 15) is 24.3 Å². The summed E-state index contributed by atoms with van der Waals surface area (Å²) in [6, 6.07) is 21.0. The highest BCUT2D eigenvalue weighted by Gasteiger charge is 2.55. The number of aliphatic hydroxyl groups is 2. The van der Waals surface area contributed by atoms with Crippen molar-refractivity contribution in [2.45, 2.75) is 95.2 Å². The third-order valence-electron chi connectivity index (χ3n) is 9.81. The number of nitrogens with one attached hydrogen (secondary N) is 2. The Labute approximate surface area is 332 Å². The maximum atomic E-state index is 13.8. The molecule has 1 fully saturated rings. The molecule has 57 heavy (non-hydrogen) atoms. The number of rotatable bonds is 15. The fourth-order valence-corrected chi connectivity index (χ4v) is 7.21. The van der Waals surface area contributed by atoms with Crippen LogP contribution in [0.5, 0.6) is 0 Å². The van der Waals surface area contributed by atoms with Crippen LogP contribution in [0.3, 0.4) is 0 Å². The number of aliphatic hydroxyl groups excluding tert-OH is 2. The Hall–Kier alpha value is -5.34. The highest BCUT2D eigenvalue weighted by Crippen LogP contribution is 2.45. The fourth-order valence-electron chi connectivity index (χ4n) is 7.21. The van der Waals surface area contributed by atoms with E-state index in [1.165, 1.54) is 6.26 Å². The second-order valence-corrected chi connectivity index (χ2v) is 15.4. The number of carbonyl (C=O) groups excluding carboxylic acids is 4. The van der Waals surface area contributed by atoms with Crippen molar-refractivity contribution in [2.75, 3.05) is 19.8 Å². The molecule has 2 aliphatic carbocycles. The summed E-state index contributed by atoms with van der Waals surface area (Å²) in [4.78, 5) is 52.8. The summed E-state index contributed by atoms with van der Waals surface area (Å²) in [5.41, 5.74) is 3.76. The van der Waals surface area contributed by atoms with Gasteiger partial charge in [-0.1, -0.05) is 54.6 Å². The van der Waals surface area contributed by atoms with Crippen LogP contribution < -0.4 is 10.6 Å². The maximum absolute atomic E-state index is 13.8. The van der Waals surface area contributed by atoms with Crippen LogP contribution in [0, 0.1) is 0 Å². The van der Waals surface area contributed by atoms with Crippen molar-refractivity contribution in [1.29, 1.82) is 0 Å². The van der Waals surface area contributed by atoms with Gasteiger partial charge in [0.1, 0.15) is 30.5 Å². The summed E-state index contributed by atoms with van der Waals surface area (Å²) in [5, 5.41) is 24.6. The van der Waals surface area contributed by atoms with Crippen molar-refractivity contribution in [1.82, 2.24) is 10.6 Å². The van der Waals surface area contributed by atoms with E-state index in [1.54, 1.807) is 81.5 Å². The van der Waals surface area contributed by atoms with Gasteiger partial charge in [-0.2, -0.15) is 0 Å². The van der Waals surface area contributed by atoms with Crippen molar-refractivity contribution >= 4 is 29.8 Å². The van der Waals surface area contributed by atoms with E-state index < -0.39 is 59.5 Å². The zero-order valence-corrected chi connectivity index (χ0v) is 32.4. The summed E-state index contributed by atoms with van der Waals surface area (Å²) < 4.78 is 30.0. The smallest absolute Gasteiger partial charge is 0.339 e. The fraction of sp³-hybridized carbons (Fsp3) is 0.409. The molecular formula is C44H50N2O11. The molecular weight excluding hydrogens is 732 g/mol. The largest absolute Gasteiger partial charge is 0.499 e. The third-order valence-corrected chi connectivity index (χ3v) is 9.81. The van der Waals surface area contributed by atoms with E-state index in [1.807, 2.05) is 24.3 Å². The van der Waals surface area contributed by atoms with Crippen LogP contribution in [0.15, 0.2) is 90.7 Å². The van der Waals surface area contributed by atoms with E-state index in [4.69, 9.17) is 28.8 Å². The molecule has 302 valence electrons. The molecule has 6 rings (SSSR count). The monoisotopic (exact) mass is 782 g/mol. The lowest BCUT2D eigenvalue weighted by Gasteiger charge is -2.30. The molecule has 0 bridgehead atoms. The molecule has 3 aromatic carbocycles. The van der Waals surface area contributed by atoms with Gasteiger partial charge in [-0.15, -0.1) is 0 Å². The van der Waals surface area contributed by atoms with Crippen LogP contribution >= 0.6 is 0 Å². The van der Waals surface area contributed by atoms with Gasteiger partial charge in [0.2, 0.25) is 5.91 Å². The Bertz CT molecular complexity index is 1980. The van der Waals surface area contributed by atoms with Crippen LogP contribution in [0.4, 0.5) is 0 Å². The Morgan fingerprint density at radius 1 is 0.947 bits per heavy atom. The molecule has 1 heterocycles. The number of amides is 2. The SMILES string of the molecule is CC(C)(C)OC(=O)CCC(CO)NC(=O)c1cccc(CNC(=O)C2=CC3OC4(Cc5ccccc5C4)OC3C(OC(=O)c3ccccc3C=COCCO)C2)c1. The Morgan fingerprint density at radius 2 is 1.68 bits per heavy atom. The summed E-state index contributed by atoms with van der Waals surface area (Å²) in [6.45, 7) is 5.00. The normalized spacial score (nSPS) is 19.9. The topological polar surface area (TPSA) is 179 Å². The van der Waals surface area contributed by atoms with Gasteiger partial charge in [0.15, 0.2) is 5.79 Å². The van der Waals surface area contributed by atoms with E-state index in [0.29, 0.717) is 35.1 Å². The molecule has 13 heteroatoms. The van der Waals surface area contributed by atoms with Crippen LogP contribution in [-0.4, -0.2) is 89.5 Å². The van der Waals surface area contributed by atoms with Gasteiger partial charge in [0.25, 0.3) is 5.91 Å². The minimum absolute atomic E-state index is 0.0321. The van der Waals surface area contributed by atoms with E-state index >= 15 is 0 Å². The van der Waals surface area contributed by atoms with Crippen LogP contribution in [0.1, 0.15) is 83.0 Å². The summed E-state index contributed by atoms with van der Waals surface area (Å²) in [6.07, 6.45) is 3.89. The first-order valence-corrected chi connectivity index (χ1v) is 19.2. The molecule has 0 radical (unpaired) electrons. The number of hydrogen-bond acceptors (Lipinski definition) is 11. The van der Waals surface area contributed by atoms with Gasteiger partial charge >= 0.3 is 11.9 Å². The number of fused-ring (bicyclic) bond motifs is 2. The summed E-state index contributed by atoms with van der Waals surface area (Å²) >= 11 is 0. The second-order valence-electron chi connectivity index (χ2n) is 15.4. The Morgan fingerprint density at radius 3 is 2.40 bits per heavy atom. The van der Waals surface area contributed by atoms with Crippen molar-refractivity contribution in [3.63, 3.8) is 0 Å². The van der Waals surface area contributed by atoms with Crippen molar-refractivity contribution in [3.8, 4) is 0 Å². The lowest BCUT2D eigenvalue weighted by Crippen LogP contribution is -2.43. The van der Waals surface area contributed by atoms with E-state index in [-0.39, 0.29) is 51.2 Å². The molecule has 1 aliphatic heterocycles. The van der Waals surface area contributed by atoms with Crippen molar-refractivity contribution in [2.24, 2.45) is 0 Å². The number of esters is 2. The summed E-state index contributed by atoms with van der Waals surface area (Å²) in [7, 11) is 0. The molecule has 4 atom stereocenters. The molecule has 0 aromatic heterocycles. The quantitative estimate of drug-likeness (QED) is 0.0980. The molecule has 1 spiro atoms. The molecule has 4 unspecified atom stereocenters. The highest BCUT2D eigenvalue weighted by atomic mass is 16.8. The van der Waals surface area contributed by atoms with Gasteiger partial charge in [-0.05, 0) is 79.8 Å². The predicted molar refractivity (Wildman–Crippen MR) is 208 cm³/mol. The van der Waals surface area contributed by atoms with Crippen LogP contribution in [0.25, 0.3) is 6.08 Å². The van der Waals surface area contributed by atoms with E-state index in [0.717, 1.165) is 11.1 Å². The first-order valence-electron chi connectivity index (χ1n) is 19.2. The number of carbonyl (C=O) groups is 4. The minimum Gasteiger partial charge on any atom is -0.499 e. The van der Waals surface area contributed by atoms with Crippen molar-refractivity contribution < 1.29 is 53.1 Å². The molecule has 1 saturated heterocycles. The lowest BCUT2D eigenvalue weighted by molar-refractivity contribution is -0.172. The molecule has 0 saturated carbocycles. The van der Waals surface area contributed by atoms with Gasteiger partial charge in [-0.25, -0.2) is 4.79 Å². The zero-order chi connectivity index (χ0) is 40.6. The number of hydrogen-bond donors (Lipinski definition) is 4. The first kappa shape index (κ1) is 41.3. The van der Waals surface area contributed by atoms with Crippen molar-refractivity contribution in [3.05, 3.63) is 124 Å². The standard InChI is InChI=1S/C44H50N2O11/c1-43(2,3)56-38(49)16-15-34(27-48)46-41(51)30-13-8-9-28(21-30)26-45-40(50)33-22-36(54-42(52)35-14-7-6-10-29(35)17-19-53-20-18-47)39-37(23-33)55-44(57-39)24-31-11-4-5-12-32(31)25-44/h4-14,17,19,21,23,34,36-37,39,47-48H,15-16,18,20,22,24-27H2,1-3H3,(H,45,50)(H,46,51). The summed E-state index contributed by atoms with van der Waals surface area (Å²) in [5.74, 6) is -2.83. The maximum Gasteiger partial charge on any atom is 0.339 e. The van der Waals surface area contributed by atoms with Gasteiger partial charge in [0, 0.05) is 43.4 Å².